The molecule has 3 rings (SSSR count). The van der Waals surface area contributed by atoms with E-state index in [1.54, 1.807) is 0 Å². The smallest absolute Gasteiger partial charge is 0.273 e. The van der Waals surface area contributed by atoms with Crippen molar-refractivity contribution in [3.8, 4) is 0 Å². The minimum absolute atomic E-state index is 0.0172. The Labute approximate surface area is 279 Å². The fourth-order valence-electron chi connectivity index (χ4n) is 5.46. The van der Waals surface area contributed by atoms with E-state index >= 15 is 0 Å². The number of benzene rings is 1. The van der Waals surface area contributed by atoms with Gasteiger partial charge in [0.25, 0.3) is 5.91 Å². The minimum Gasteiger partial charge on any atom is -0.394 e. The fraction of sp³-hybridized carbons (Fsp3) is 0.613. The number of amides is 2. The molecule has 1 aromatic carbocycles. The molecule has 0 aliphatic carbocycles. The molecule has 16 heteroatoms. The maximum Gasteiger partial charge on any atom is 0.273 e. The highest BCUT2D eigenvalue weighted by Gasteiger charge is 2.30. The number of hydrogen-bond donors (Lipinski definition) is 10. The van der Waals surface area contributed by atoms with Crippen LogP contribution in [-0.4, -0.2) is 129 Å². The van der Waals surface area contributed by atoms with E-state index in [4.69, 9.17) is 28.2 Å². The number of nitrogen functional groups attached to an aromatic ring is 2. The number of carbonyl (C=O) groups excluding carboxylic acids is 2. The molecule has 0 spiro atoms. The Kier molecular flexibility index (Phi) is 15.5. The van der Waals surface area contributed by atoms with Gasteiger partial charge in [0.15, 0.2) is 22.5 Å². The first kappa shape index (κ1) is 38.3. The van der Waals surface area contributed by atoms with E-state index in [1.165, 1.54) is 11.1 Å². The molecule has 1 fully saturated rings. The zero-order chi connectivity index (χ0) is 34.5. The molecule has 0 radical (unpaired) electrons. The highest BCUT2D eigenvalue weighted by Crippen LogP contribution is 2.19. The quantitative estimate of drug-likeness (QED) is 0.0801. The molecular weight excluding hydrogens is 632 g/mol. The Bertz CT molecular complexity index is 1300. The third kappa shape index (κ3) is 11.8. The van der Waals surface area contributed by atoms with E-state index in [9.17, 15) is 30.0 Å². The van der Waals surface area contributed by atoms with Crippen molar-refractivity contribution >= 4 is 35.1 Å². The number of aliphatic hydroxyl groups is 5. The molecular formula is C31H49ClN8O7. The van der Waals surface area contributed by atoms with Crippen LogP contribution in [0.3, 0.4) is 0 Å². The summed E-state index contributed by atoms with van der Waals surface area (Å²) < 4.78 is 0. The lowest BCUT2D eigenvalue weighted by molar-refractivity contribution is -0.132. The van der Waals surface area contributed by atoms with Crippen molar-refractivity contribution in [2.45, 2.75) is 57.0 Å². The molecule has 1 aliphatic rings. The van der Waals surface area contributed by atoms with Gasteiger partial charge in [-0.3, -0.25) is 9.59 Å². The minimum atomic E-state index is -1.69. The van der Waals surface area contributed by atoms with Crippen LogP contribution in [0, 0.1) is 18.8 Å². The third-order valence-corrected chi connectivity index (χ3v) is 8.75. The summed E-state index contributed by atoms with van der Waals surface area (Å²) in [4.78, 5) is 35.3. The van der Waals surface area contributed by atoms with E-state index in [0.717, 1.165) is 25.8 Å². The topological polar surface area (TPSA) is 252 Å². The largest absolute Gasteiger partial charge is 0.394 e. The van der Waals surface area contributed by atoms with Crippen molar-refractivity contribution in [2.75, 3.05) is 63.9 Å². The standard InChI is InChI=1S/C31H49ClN8O7/c1-18-4-2-3-5-21(18)12-20(15-37-31(47)25-29(33)39-30(34)28(32)38-25)14-36-13-19-7-10-40(11-8-19)24(44)6-9-35-16-22(42)26(45)27(46)23(43)17-41/h2-5,19-20,22-23,26-27,35-36,41-43,45-46H,6-17H2,1H3,(H,37,47)(H4,33,34,39)/t20-,22+,23-,26-,27-/m1/s1. The van der Waals surface area contributed by atoms with Gasteiger partial charge in [-0.2, -0.15) is 0 Å². The Balaban J connectivity index is 1.42. The van der Waals surface area contributed by atoms with Gasteiger partial charge >= 0.3 is 0 Å². The number of anilines is 2. The van der Waals surface area contributed by atoms with Gasteiger partial charge in [0.1, 0.15) is 18.3 Å². The number of halogens is 1. The number of aliphatic hydroxyl groups excluding tert-OH is 5. The van der Waals surface area contributed by atoms with E-state index in [1.807, 2.05) is 17.0 Å². The average Bonchev–Trinajstić information content (AvgIpc) is 3.06. The summed E-state index contributed by atoms with van der Waals surface area (Å²) in [6.07, 6.45) is -3.64. The van der Waals surface area contributed by atoms with Gasteiger partial charge in [0.2, 0.25) is 5.91 Å². The zero-order valence-corrected chi connectivity index (χ0v) is 27.4. The van der Waals surface area contributed by atoms with Gasteiger partial charge in [-0.15, -0.1) is 0 Å². The average molecular weight is 681 g/mol. The van der Waals surface area contributed by atoms with E-state index < -0.39 is 36.9 Å². The summed E-state index contributed by atoms with van der Waals surface area (Å²) in [5.74, 6) is -0.185. The van der Waals surface area contributed by atoms with Crippen LogP contribution >= 0.6 is 11.6 Å². The third-order valence-electron chi connectivity index (χ3n) is 8.47. The molecule has 1 aliphatic heterocycles. The number of nitrogens with two attached hydrogens (primary N) is 2. The summed E-state index contributed by atoms with van der Waals surface area (Å²) in [7, 11) is 0. The van der Waals surface area contributed by atoms with Crippen LogP contribution in [0.2, 0.25) is 5.15 Å². The van der Waals surface area contributed by atoms with Crippen molar-refractivity contribution in [1.29, 1.82) is 0 Å². The predicted octanol–water partition coefficient (Wildman–Crippen LogP) is -1.56. The van der Waals surface area contributed by atoms with Crippen LogP contribution in [0.1, 0.15) is 40.9 Å². The molecule has 0 saturated carbocycles. The van der Waals surface area contributed by atoms with Gasteiger partial charge < -0.3 is 57.9 Å². The van der Waals surface area contributed by atoms with Crippen LogP contribution in [-0.2, 0) is 11.2 Å². The van der Waals surface area contributed by atoms with Gasteiger partial charge in [-0.05, 0) is 62.2 Å². The number of nitrogens with zero attached hydrogens (tertiary/aromatic N) is 3. The van der Waals surface area contributed by atoms with Crippen molar-refractivity contribution in [3.05, 3.63) is 46.2 Å². The normalized spacial score (nSPS) is 17.1. The number of aryl methyl sites for hydroxylation is 1. The number of piperidine rings is 1. The van der Waals surface area contributed by atoms with Crippen LogP contribution in [0.4, 0.5) is 11.6 Å². The number of aromatic nitrogens is 2. The molecule has 0 unspecified atom stereocenters. The van der Waals surface area contributed by atoms with Crippen molar-refractivity contribution in [1.82, 2.24) is 30.8 Å². The first-order valence-corrected chi connectivity index (χ1v) is 16.2. The zero-order valence-electron chi connectivity index (χ0n) is 26.7. The fourth-order valence-corrected chi connectivity index (χ4v) is 5.59. The lowest BCUT2D eigenvalue weighted by Gasteiger charge is -2.32. The van der Waals surface area contributed by atoms with Gasteiger partial charge in [0, 0.05) is 39.1 Å². The number of rotatable bonds is 18. The number of hydrogen-bond acceptors (Lipinski definition) is 13. The van der Waals surface area contributed by atoms with Crippen LogP contribution in [0.5, 0.6) is 0 Å². The van der Waals surface area contributed by atoms with E-state index in [2.05, 4.69) is 45.0 Å². The van der Waals surface area contributed by atoms with Crippen molar-refractivity contribution in [2.24, 2.45) is 11.8 Å². The lowest BCUT2D eigenvalue weighted by Crippen LogP contribution is -2.49. The summed E-state index contributed by atoms with van der Waals surface area (Å²) in [6, 6.07) is 8.12. The van der Waals surface area contributed by atoms with Gasteiger partial charge in [-0.25, -0.2) is 9.97 Å². The van der Waals surface area contributed by atoms with Crippen molar-refractivity contribution in [3.63, 3.8) is 0 Å². The van der Waals surface area contributed by atoms with Crippen molar-refractivity contribution < 1.29 is 35.1 Å². The summed E-state index contributed by atoms with van der Waals surface area (Å²) >= 11 is 5.95. The van der Waals surface area contributed by atoms with E-state index in [0.29, 0.717) is 32.1 Å². The maximum atomic E-state index is 12.9. The summed E-state index contributed by atoms with van der Waals surface area (Å²) in [5, 5.41) is 57.1. The SMILES string of the molecule is Cc1ccccc1C[C@H](CNCC1CCN(C(=O)CCNC[C@H](O)[C@@H](O)[C@H](O)[C@H](O)CO)CC1)CNC(=O)c1nc(Cl)c(N)nc1N. The molecule has 2 amide bonds. The molecule has 1 aromatic heterocycles. The molecule has 1 saturated heterocycles. The van der Waals surface area contributed by atoms with Gasteiger partial charge in [-0.1, -0.05) is 35.9 Å². The Morgan fingerprint density at radius 2 is 1.66 bits per heavy atom. The van der Waals surface area contributed by atoms with Crippen LogP contribution < -0.4 is 27.4 Å². The molecule has 15 nitrogen and oxygen atoms in total. The lowest BCUT2D eigenvalue weighted by atomic mass is 9.94. The Morgan fingerprint density at radius 3 is 2.34 bits per heavy atom. The van der Waals surface area contributed by atoms with E-state index in [-0.39, 0.29) is 53.8 Å². The number of likely N-dealkylation sites (tertiary alicyclic amines) is 1. The maximum absolute atomic E-state index is 12.9. The molecule has 47 heavy (non-hydrogen) atoms. The highest BCUT2D eigenvalue weighted by molar-refractivity contribution is 6.31. The molecule has 0 bridgehead atoms. The first-order chi connectivity index (χ1) is 22.4. The second-order valence-electron chi connectivity index (χ2n) is 12.1. The number of nitrogens with one attached hydrogen (secondary N) is 3. The van der Waals surface area contributed by atoms with Crippen LogP contribution in [0.15, 0.2) is 24.3 Å². The summed E-state index contributed by atoms with van der Waals surface area (Å²) in [6.45, 7) is 4.54. The second kappa shape index (κ2) is 19.0. The summed E-state index contributed by atoms with van der Waals surface area (Å²) in [5.41, 5.74) is 13.8. The van der Waals surface area contributed by atoms with Gasteiger partial charge in [0.05, 0.1) is 12.7 Å². The highest BCUT2D eigenvalue weighted by atomic mass is 35.5. The monoisotopic (exact) mass is 680 g/mol. The molecule has 262 valence electrons. The second-order valence-corrected chi connectivity index (χ2v) is 12.4. The number of carbonyl (C=O) groups is 2. The molecule has 12 N–H and O–H groups in total. The first-order valence-electron chi connectivity index (χ1n) is 15.8. The van der Waals surface area contributed by atoms with Crippen LogP contribution in [0.25, 0.3) is 0 Å². The molecule has 2 heterocycles. The molecule has 2 aromatic rings. The Morgan fingerprint density at radius 1 is 0.979 bits per heavy atom. The molecule has 5 atom stereocenters. The predicted molar refractivity (Wildman–Crippen MR) is 177 cm³/mol. The Hall–Kier alpha value is -3.15.